The summed E-state index contributed by atoms with van der Waals surface area (Å²) in [6.07, 6.45) is 13.0. The summed E-state index contributed by atoms with van der Waals surface area (Å²) in [4.78, 5) is 15.8. The summed E-state index contributed by atoms with van der Waals surface area (Å²) in [5.74, 6) is 1.03. The first-order valence-corrected chi connectivity index (χ1v) is 9.50. The summed E-state index contributed by atoms with van der Waals surface area (Å²) in [6, 6.07) is 0.465. The third-order valence-corrected chi connectivity index (χ3v) is 4.11. The Morgan fingerprint density at radius 2 is 1.54 bits per heavy atom. The predicted octanol–water partition coefficient (Wildman–Crippen LogP) is 3.58. The van der Waals surface area contributed by atoms with E-state index in [2.05, 4.69) is 27.9 Å². The van der Waals surface area contributed by atoms with E-state index in [9.17, 15) is 4.79 Å². The van der Waals surface area contributed by atoms with E-state index in [-0.39, 0.29) is 29.9 Å². The molecule has 24 heavy (non-hydrogen) atoms. The number of hydrogen-bond acceptors (Lipinski definition) is 2. The first kappa shape index (κ1) is 23.5. The maximum absolute atomic E-state index is 11.6. The van der Waals surface area contributed by atoms with Gasteiger partial charge in [-0.25, -0.2) is 0 Å². The molecule has 0 bridgehead atoms. The Labute approximate surface area is 165 Å². The van der Waals surface area contributed by atoms with Crippen molar-refractivity contribution >= 4 is 35.8 Å². The molecule has 1 aliphatic rings. The molecule has 0 aromatic carbocycles. The SMILES string of the molecule is CCCCCCCCCNC(=NC)NCCCC(=O)NC1CC1.I. The normalized spacial score (nSPS) is 14.0. The highest BCUT2D eigenvalue weighted by atomic mass is 127. The van der Waals surface area contributed by atoms with E-state index in [1.807, 2.05) is 0 Å². The van der Waals surface area contributed by atoms with Crippen LogP contribution in [0.3, 0.4) is 0 Å². The second-order valence-corrected chi connectivity index (χ2v) is 6.49. The van der Waals surface area contributed by atoms with Crippen molar-refractivity contribution in [2.24, 2.45) is 4.99 Å². The molecule has 1 saturated carbocycles. The zero-order chi connectivity index (χ0) is 16.8. The van der Waals surface area contributed by atoms with E-state index in [0.29, 0.717) is 12.5 Å². The van der Waals surface area contributed by atoms with Gasteiger partial charge < -0.3 is 16.0 Å². The van der Waals surface area contributed by atoms with Crippen molar-refractivity contribution in [3.05, 3.63) is 0 Å². The number of unbranched alkanes of at least 4 members (excludes halogenated alkanes) is 6. The van der Waals surface area contributed by atoms with Crippen LogP contribution in [0.4, 0.5) is 0 Å². The Morgan fingerprint density at radius 3 is 2.12 bits per heavy atom. The average molecular weight is 452 g/mol. The van der Waals surface area contributed by atoms with Crippen molar-refractivity contribution in [1.82, 2.24) is 16.0 Å². The molecule has 0 saturated heterocycles. The summed E-state index contributed by atoms with van der Waals surface area (Å²) in [5, 5.41) is 9.62. The summed E-state index contributed by atoms with van der Waals surface area (Å²) in [6.45, 7) is 4.01. The van der Waals surface area contributed by atoms with E-state index in [1.165, 1.54) is 44.9 Å². The van der Waals surface area contributed by atoms with Crippen LogP contribution < -0.4 is 16.0 Å². The van der Waals surface area contributed by atoms with Crippen molar-refractivity contribution in [3.8, 4) is 0 Å². The van der Waals surface area contributed by atoms with Gasteiger partial charge in [-0.15, -0.1) is 24.0 Å². The van der Waals surface area contributed by atoms with Gasteiger partial charge in [0.1, 0.15) is 0 Å². The molecule has 0 heterocycles. The molecule has 0 atom stereocenters. The monoisotopic (exact) mass is 452 g/mol. The van der Waals surface area contributed by atoms with Crippen LogP contribution in [0, 0.1) is 0 Å². The number of rotatable bonds is 13. The quantitative estimate of drug-likeness (QED) is 0.173. The number of nitrogens with zero attached hydrogens (tertiary/aromatic N) is 1. The number of carbonyl (C=O) groups excluding carboxylic acids is 1. The number of guanidine groups is 1. The Morgan fingerprint density at radius 1 is 0.958 bits per heavy atom. The van der Waals surface area contributed by atoms with E-state index in [4.69, 9.17) is 0 Å². The standard InChI is InChI=1S/C18H36N4O.HI/c1-3-4-5-6-7-8-9-14-20-18(19-2)21-15-10-11-17(23)22-16-12-13-16;/h16H,3-15H2,1-2H3,(H,22,23)(H2,19,20,21);1H. The van der Waals surface area contributed by atoms with E-state index < -0.39 is 0 Å². The number of hydrogen-bond donors (Lipinski definition) is 3. The highest BCUT2D eigenvalue weighted by Gasteiger charge is 2.22. The molecule has 1 aliphatic carbocycles. The number of aliphatic imine (C=N–C) groups is 1. The minimum atomic E-state index is 0. The highest BCUT2D eigenvalue weighted by molar-refractivity contribution is 14.0. The number of nitrogens with one attached hydrogen (secondary N) is 3. The smallest absolute Gasteiger partial charge is 0.220 e. The topological polar surface area (TPSA) is 65.5 Å². The maximum atomic E-state index is 11.6. The van der Waals surface area contributed by atoms with Gasteiger partial charge in [0, 0.05) is 32.6 Å². The van der Waals surface area contributed by atoms with Crippen molar-refractivity contribution in [3.63, 3.8) is 0 Å². The van der Waals surface area contributed by atoms with Gasteiger partial charge in [-0.3, -0.25) is 9.79 Å². The van der Waals surface area contributed by atoms with Gasteiger partial charge in [-0.05, 0) is 25.7 Å². The summed E-state index contributed by atoms with van der Waals surface area (Å²) in [5.41, 5.74) is 0. The minimum absolute atomic E-state index is 0. The molecule has 142 valence electrons. The summed E-state index contributed by atoms with van der Waals surface area (Å²) in [7, 11) is 1.79. The van der Waals surface area contributed by atoms with E-state index in [0.717, 1.165) is 38.3 Å². The lowest BCUT2D eigenvalue weighted by Gasteiger charge is -2.11. The number of halogens is 1. The fraction of sp³-hybridized carbons (Fsp3) is 0.889. The lowest BCUT2D eigenvalue weighted by molar-refractivity contribution is -0.121. The van der Waals surface area contributed by atoms with Crippen LogP contribution in [0.5, 0.6) is 0 Å². The van der Waals surface area contributed by atoms with Gasteiger partial charge in [0.05, 0.1) is 0 Å². The molecule has 1 rings (SSSR count). The molecular formula is C18H37IN4O. The molecule has 1 amide bonds. The molecule has 0 radical (unpaired) electrons. The molecule has 0 aromatic heterocycles. The molecular weight excluding hydrogens is 415 g/mol. The van der Waals surface area contributed by atoms with Crippen LogP contribution in [-0.2, 0) is 4.79 Å². The molecule has 0 aromatic rings. The van der Waals surface area contributed by atoms with Crippen molar-refractivity contribution in [2.45, 2.75) is 83.6 Å². The highest BCUT2D eigenvalue weighted by Crippen LogP contribution is 2.18. The number of amides is 1. The van der Waals surface area contributed by atoms with Crippen LogP contribution in [0.25, 0.3) is 0 Å². The minimum Gasteiger partial charge on any atom is -0.356 e. The molecule has 1 fully saturated rings. The van der Waals surface area contributed by atoms with Crippen LogP contribution in [0.1, 0.15) is 77.6 Å². The molecule has 0 aliphatic heterocycles. The van der Waals surface area contributed by atoms with Crippen molar-refractivity contribution in [1.29, 1.82) is 0 Å². The third-order valence-electron chi connectivity index (χ3n) is 4.11. The van der Waals surface area contributed by atoms with E-state index >= 15 is 0 Å². The van der Waals surface area contributed by atoms with Crippen LogP contribution >= 0.6 is 24.0 Å². The lowest BCUT2D eigenvalue weighted by Crippen LogP contribution is -2.38. The fourth-order valence-electron chi connectivity index (χ4n) is 2.49. The zero-order valence-electron chi connectivity index (χ0n) is 15.5. The van der Waals surface area contributed by atoms with Crippen LogP contribution in [-0.4, -0.2) is 38.0 Å². The van der Waals surface area contributed by atoms with E-state index in [1.54, 1.807) is 7.05 Å². The van der Waals surface area contributed by atoms with Gasteiger partial charge in [0.25, 0.3) is 0 Å². The second kappa shape index (κ2) is 16.0. The fourth-order valence-corrected chi connectivity index (χ4v) is 2.49. The summed E-state index contributed by atoms with van der Waals surface area (Å²) >= 11 is 0. The van der Waals surface area contributed by atoms with Crippen molar-refractivity contribution in [2.75, 3.05) is 20.1 Å². The lowest BCUT2D eigenvalue weighted by atomic mass is 10.1. The molecule has 3 N–H and O–H groups in total. The molecule has 5 nitrogen and oxygen atoms in total. The Kier molecular flexibility index (Phi) is 15.6. The Hall–Kier alpha value is -0.530. The molecule has 0 unspecified atom stereocenters. The van der Waals surface area contributed by atoms with Gasteiger partial charge in [-0.1, -0.05) is 45.4 Å². The molecule has 0 spiro atoms. The third kappa shape index (κ3) is 13.9. The largest absolute Gasteiger partial charge is 0.356 e. The first-order valence-electron chi connectivity index (χ1n) is 9.50. The van der Waals surface area contributed by atoms with Gasteiger partial charge in [0.15, 0.2) is 5.96 Å². The number of carbonyl (C=O) groups is 1. The van der Waals surface area contributed by atoms with Gasteiger partial charge in [0.2, 0.25) is 5.91 Å². The first-order chi connectivity index (χ1) is 11.3. The van der Waals surface area contributed by atoms with Crippen LogP contribution in [0.15, 0.2) is 4.99 Å². The van der Waals surface area contributed by atoms with Crippen LogP contribution in [0.2, 0.25) is 0 Å². The predicted molar refractivity (Wildman–Crippen MR) is 113 cm³/mol. The average Bonchev–Trinajstić information content (AvgIpc) is 3.35. The Balaban J connectivity index is 0.00000529. The Bertz CT molecular complexity index is 346. The van der Waals surface area contributed by atoms with Crippen molar-refractivity contribution < 1.29 is 4.79 Å². The summed E-state index contributed by atoms with van der Waals surface area (Å²) < 4.78 is 0. The second-order valence-electron chi connectivity index (χ2n) is 6.49. The van der Waals surface area contributed by atoms with Gasteiger partial charge >= 0.3 is 0 Å². The molecule has 6 heteroatoms. The maximum Gasteiger partial charge on any atom is 0.220 e. The van der Waals surface area contributed by atoms with Gasteiger partial charge in [-0.2, -0.15) is 0 Å². The zero-order valence-corrected chi connectivity index (χ0v) is 17.9.